The Morgan fingerprint density at radius 2 is 2.22 bits per heavy atom. The molecule has 2 heteroatoms. The number of rotatable bonds is 0. The van der Waals surface area contributed by atoms with Gasteiger partial charge in [0.25, 0.3) is 0 Å². The van der Waals surface area contributed by atoms with Gasteiger partial charge in [-0.25, -0.2) is 5.84 Å². The predicted molar refractivity (Wildman–Crippen MR) is 38.4 cm³/mol. The molecule has 9 heavy (non-hydrogen) atoms. The van der Waals surface area contributed by atoms with E-state index in [1.165, 1.54) is 11.1 Å². The molecule has 1 aliphatic heterocycles. The van der Waals surface area contributed by atoms with Gasteiger partial charge in [-0.3, -0.25) is 0 Å². The minimum atomic E-state index is 0.863. The van der Waals surface area contributed by atoms with E-state index in [4.69, 9.17) is 5.84 Å². The fourth-order valence-electron chi connectivity index (χ4n) is 0.801. The number of nitrogens with zero attached hydrogens (tertiary/aromatic N) is 1. The number of allylic oxidation sites excluding steroid dienone is 2. The maximum absolute atomic E-state index is 5.50. The molecular formula is C7H12N2. The zero-order valence-electron chi connectivity index (χ0n) is 5.89. The summed E-state index contributed by atoms with van der Waals surface area (Å²) in [5, 5.41) is 1.68. The van der Waals surface area contributed by atoms with Gasteiger partial charge in [-0.15, -0.1) is 0 Å². The Morgan fingerprint density at radius 1 is 1.56 bits per heavy atom. The Kier molecular flexibility index (Phi) is 1.58. The number of hydrogen-bond donors (Lipinski definition) is 1. The van der Waals surface area contributed by atoms with Crippen LogP contribution in [0.4, 0.5) is 0 Å². The normalized spacial score (nSPS) is 19.2. The van der Waals surface area contributed by atoms with Crippen molar-refractivity contribution in [1.29, 1.82) is 0 Å². The molecule has 0 aromatic carbocycles. The Hall–Kier alpha value is -0.760. The molecule has 1 rings (SSSR count). The molecular weight excluding hydrogens is 112 g/mol. The summed E-state index contributed by atoms with van der Waals surface area (Å²) in [5.41, 5.74) is 2.68. The minimum absolute atomic E-state index is 0.863. The van der Waals surface area contributed by atoms with Crippen molar-refractivity contribution in [3.8, 4) is 0 Å². The first-order valence-electron chi connectivity index (χ1n) is 3.06. The van der Waals surface area contributed by atoms with Crippen LogP contribution in [0.25, 0.3) is 0 Å². The van der Waals surface area contributed by atoms with E-state index in [2.05, 4.69) is 13.8 Å². The van der Waals surface area contributed by atoms with Crippen LogP contribution in [-0.4, -0.2) is 11.6 Å². The zero-order valence-corrected chi connectivity index (χ0v) is 5.89. The van der Waals surface area contributed by atoms with Gasteiger partial charge in [0, 0.05) is 6.20 Å². The molecule has 0 radical (unpaired) electrons. The Bertz CT molecular complexity index is 168. The van der Waals surface area contributed by atoms with Gasteiger partial charge in [0.15, 0.2) is 0 Å². The van der Waals surface area contributed by atoms with Crippen LogP contribution in [0.1, 0.15) is 13.8 Å². The smallest absolute Gasteiger partial charge is 0.0548 e. The molecule has 50 valence electrons. The lowest BCUT2D eigenvalue weighted by Gasteiger charge is -2.19. The van der Waals surface area contributed by atoms with E-state index in [1.807, 2.05) is 12.3 Å². The quantitative estimate of drug-likeness (QED) is 0.489. The second-order valence-corrected chi connectivity index (χ2v) is 2.45. The summed E-state index contributed by atoms with van der Waals surface area (Å²) in [7, 11) is 0. The van der Waals surface area contributed by atoms with E-state index in [0.717, 1.165) is 6.54 Å². The summed E-state index contributed by atoms with van der Waals surface area (Å²) in [6.07, 6.45) is 3.92. The van der Waals surface area contributed by atoms with Crippen LogP contribution in [-0.2, 0) is 0 Å². The number of hydrazine groups is 1. The molecule has 0 atom stereocenters. The lowest BCUT2D eigenvalue weighted by atomic mass is 10.1. The molecule has 1 aliphatic rings. The van der Waals surface area contributed by atoms with Gasteiger partial charge in [-0.2, -0.15) is 0 Å². The van der Waals surface area contributed by atoms with E-state index < -0.39 is 0 Å². The highest BCUT2D eigenvalue weighted by Gasteiger charge is 2.01. The van der Waals surface area contributed by atoms with Crippen LogP contribution in [0, 0.1) is 0 Å². The minimum Gasteiger partial charge on any atom is -0.314 e. The van der Waals surface area contributed by atoms with Crippen LogP contribution < -0.4 is 5.84 Å². The highest BCUT2D eigenvalue weighted by molar-refractivity contribution is 5.26. The second kappa shape index (κ2) is 2.23. The van der Waals surface area contributed by atoms with Crippen molar-refractivity contribution in [3.05, 3.63) is 23.4 Å². The summed E-state index contributed by atoms with van der Waals surface area (Å²) in [6, 6.07) is 0. The average molecular weight is 124 g/mol. The molecule has 0 amide bonds. The van der Waals surface area contributed by atoms with Crippen LogP contribution in [0.3, 0.4) is 0 Å². The predicted octanol–water partition coefficient (Wildman–Crippen LogP) is 1.03. The summed E-state index contributed by atoms with van der Waals surface area (Å²) >= 11 is 0. The molecule has 0 aliphatic carbocycles. The molecule has 0 bridgehead atoms. The topological polar surface area (TPSA) is 29.3 Å². The van der Waals surface area contributed by atoms with Gasteiger partial charge in [0.1, 0.15) is 0 Å². The average Bonchev–Trinajstić information content (AvgIpc) is 1.80. The van der Waals surface area contributed by atoms with Crippen molar-refractivity contribution in [3.63, 3.8) is 0 Å². The fraction of sp³-hybridized carbons (Fsp3) is 0.429. The van der Waals surface area contributed by atoms with Crippen molar-refractivity contribution in [2.75, 3.05) is 6.54 Å². The third kappa shape index (κ3) is 1.33. The molecule has 0 aromatic heterocycles. The lowest BCUT2D eigenvalue weighted by Crippen LogP contribution is -2.28. The van der Waals surface area contributed by atoms with E-state index in [0.29, 0.717) is 0 Å². The number of nitrogens with two attached hydrogens (primary N) is 1. The van der Waals surface area contributed by atoms with E-state index in [-0.39, 0.29) is 0 Å². The summed E-state index contributed by atoms with van der Waals surface area (Å²) < 4.78 is 0. The van der Waals surface area contributed by atoms with Gasteiger partial charge in [0.2, 0.25) is 0 Å². The van der Waals surface area contributed by atoms with Gasteiger partial charge in [-0.1, -0.05) is 0 Å². The highest BCUT2D eigenvalue weighted by Crippen LogP contribution is 2.10. The van der Waals surface area contributed by atoms with Crippen LogP contribution in [0.15, 0.2) is 23.4 Å². The third-order valence-corrected chi connectivity index (χ3v) is 1.61. The Morgan fingerprint density at radius 3 is 2.67 bits per heavy atom. The largest absolute Gasteiger partial charge is 0.314 e. The SMILES string of the molecule is CC1=C(C)CN(N)C=C1. The molecule has 2 nitrogen and oxygen atoms in total. The molecule has 0 fully saturated rings. The third-order valence-electron chi connectivity index (χ3n) is 1.61. The summed E-state index contributed by atoms with van der Waals surface area (Å²) in [4.78, 5) is 0. The highest BCUT2D eigenvalue weighted by atomic mass is 15.4. The molecule has 0 aromatic rings. The first kappa shape index (κ1) is 6.36. The standard InChI is InChI=1S/C7H12N2/c1-6-3-4-9(8)5-7(6)2/h3-4H,5,8H2,1-2H3. The molecule has 0 saturated heterocycles. The van der Waals surface area contributed by atoms with Crippen molar-refractivity contribution < 1.29 is 0 Å². The van der Waals surface area contributed by atoms with Gasteiger partial charge in [-0.05, 0) is 31.1 Å². The van der Waals surface area contributed by atoms with Gasteiger partial charge >= 0.3 is 0 Å². The van der Waals surface area contributed by atoms with Gasteiger partial charge in [0.05, 0.1) is 6.54 Å². The van der Waals surface area contributed by atoms with Crippen molar-refractivity contribution >= 4 is 0 Å². The lowest BCUT2D eigenvalue weighted by molar-refractivity contribution is 0.420. The van der Waals surface area contributed by atoms with Gasteiger partial charge < -0.3 is 5.01 Å². The van der Waals surface area contributed by atoms with Crippen LogP contribution >= 0.6 is 0 Å². The van der Waals surface area contributed by atoms with Crippen molar-refractivity contribution in [2.45, 2.75) is 13.8 Å². The maximum Gasteiger partial charge on any atom is 0.0548 e. The van der Waals surface area contributed by atoms with Crippen LogP contribution in [0.2, 0.25) is 0 Å². The Labute approximate surface area is 55.6 Å². The molecule has 2 N–H and O–H groups in total. The molecule has 0 unspecified atom stereocenters. The van der Waals surface area contributed by atoms with E-state index >= 15 is 0 Å². The molecule has 0 saturated carbocycles. The monoisotopic (exact) mass is 124 g/mol. The molecule has 0 spiro atoms. The maximum atomic E-state index is 5.50. The van der Waals surface area contributed by atoms with Crippen molar-refractivity contribution in [2.24, 2.45) is 5.84 Å². The summed E-state index contributed by atoms with van der Waals surface area (Å²) in [6.45, 7) is 5.06. The first-order chi connectivity index (χ1) is 4.20. The van der Waals surface area contributed by atoms with E-state index in [9.17, 15) is 0 Å². The Balaban J connectivity index is 2.75. The first-order valence-corrected chi connectivity index (χ1v) is 3.06. The molecule has 1 heterocycles. The second-order valence-electron chi connectivity index (χ2n) is 2.45. The number of hydrogen-bond acceptors (Lipinski definition) is 2. The summed E-state index contributed by atoms with van der Waals surface area (Å²) in [5.74, 6) is 5.50. The van der Waals surface area contributed by atoms with Crippen molar-refractivity contribution in [1.82, 2.24) is 5.01 Å². The van der Waals surface area contributed by atoms with Crippen LogP contribution in [0.5, 0.6) is 0 Å². The zero-order chi connectivity index (χ0) is 6.85. The van der Waals surface area contributed by atoms with E-state index in [1.54, 1.807) is 5.01 Å². The fourth-order valence-corrected chi connectivity index (χ4v) is 0.801.